The van der Waals surface area contributed by atoms with E-state index in [0.717, 1.165) is 12.0 Å². The first kappa shape index (κ1) is 13.9. The number of anilines is 1. The van der Waals surface area contributed by atoms with E-state index in [0.29, 0.717) is 30.4 Å². The highest BCUT2D eigenvalue weighted by molar-refractivity contribution is 5.55. The molecule has 0 radical (unpaired) electrons. The number of nitrogens with two attached hydrogens (primary N) is 1. The summed E-state index contributed by atoms with van der Waals surface area (Å²) >= 11 is 0. The van der Waals surface area contributed by atoms with Crippen LogP contribution in [-0.4, -0.2) is 9.78 Å². The zero-order chi connectivity index (χ0) is 14.5. The molecule has 1 heterocycles. The van der Waals surface area contributed by atoms with Crippen molar-refractivity contribution >= 4 is 5.82 Å². The van der Waals surface area contributed by atoms with Gasteiger partial charge < -0.3 is 10.5 Å². The van der Waals surface area contributed by atoms with E-state index in [1.807, 2.05) is 38.1 Å². The van der Waals surface area contributed by atoms with Crippen LogP contribution in [0.1, 0.15) is 30.0 Å². The summed E-state index contributed by atoms with van der Waals surface area (Å²) in [5.74, 6) is 0.673. The molecule has 0 atom stereocenters. The highest BCUT2D eigenvalue weighted by Crippen LogP contribution is 2.23. The largest absolute Gasteiger partial charge is 0.471 e. The Kier molecular flexibility index (Phi) is 4.26. The number of rotatable bonds is 5. The van der Waals surface area contributed by atoms with Crippen molar-refractivity contribution in [2.45, 2.75) is 33.4 Å². The van der Waals surface area contributed by atoms with Gasteiger partial charge in [-0.1, -0.05) is 36.8 Å². The van der Waals surface area contributed by atoms with Gasteiger partial charge in [-0.3, -0.25) is 0 Å². The first-order valence-electron chi connectivity index (χ1n) is 6.60. The predicted molar refractivity (Wildman–Crippen MR) is 77.2 cm³/mol. The van der Waals surface area contributed by atoms with Gasteiger partial charge in [0.15, 0.2) is 5.56 Å². The molecule has 0 bridgehead atoms. The van der Waals surface area contributed by atoms with Gasteiger partial charge >= 0.3 is 0 Å². The summed E-state index contributed by atoms with van der Waals surface area (Å²) in [5, 5.41) is 13.4. The number of nitriles is 1. The molecule has 2 rings (SSSR count). The van der Waals surface area contributed by atoms with Gasteiger partial charge in [-0.25, -0.2) is 4.68 Å². The van der Waals surface area contributed by atoms with Gasteiger partial charge in [-0.05, 0) is 18.9 Å². The van der Waals surface area contributed by atoms with Crippen molar-refractivity contribution < 1.29 is 4.74 Å². The Balaban J connectivity index is 2.15. The minimum absolute atomic E-state index is 0.305. The minimum Gasteiger partial charge on any atom is -0.471 e. The Morgan fingerprint density at radius 1 is 1.35 bits per heavy atom. The molecular weight excluding hydrogens is 252 g/mol. The SMILES string of the molecule is CCCn1nc(OCc2ccc(C)cc2)c(C#N)c1N. The number of hydrogen-bond acceptors (Lipinski definition) is 4. The standard InChI is InChI=1S/C15H18N4O/c1-3-8-19-14(17)13(9-16)15(18-19)20-10-12-6-4-11(2)5-7-12/h4-7H,3,8,10,17H2,1-2H3. The van der Waals surface area contributed by atoms with Crippen LogP contribution < -0.4 is 10.5 Å². The van der Waals surface area contributed by atoms with E-state index in [2.05, 4.69) is 11.2 Å². The number of aromatic nitrogens is 2. The molecule has 1 aromatic heterocycles. The van der Waals surface area contributed by atoms with E-state index in [1.54, 1.807) is 4.68 Å². The van der Waals surface area contributed by atoms with E-state index < -0.39 is 0 Å². The summed E-state index contributed by atoms with van der Waals surface area (Å²) in [5.41, 5.74) is 8.43. The maximum absolute atomic E-state index is 9.15. The molecule has 2 aromatic rings. The molecule has 0 saturated heterocycles. The number of ether oxygens (including phenoxy) is 1. The van der Waals surface area contributed by atoms with Crippen LogP contribution in [0.15, 0.2) is 24.3 Å². The Bertz CT molecular complexity index is 623. The smallest absolute Gasteiger partial charge is 0.253 e. The topological polar surface area (TPSA) is 76.9 Å². The van der Waals surface area contributed by atoms with Crippen LogP contribution >= 0.6 is 0 Å². The van der Waals surface area contributed by atoms with Crippen LogP contribution in [-0.2, 0) is 13.2 Å². The fraction of sp³-hybridized carbons (Fsp3) is 0.333. The van der Waals surface area contributed by atoms with Crippen LogP contribution in [0.3, 0.4) is 0 Å². The predicted octanol–water partition coefficient (Wildman–Crippen LogP) is 2.63. The van der Waals surface area contributed by atoms with E-state index in [4.69, 9.17) is 15.7 Å². The average molecular weight is 270 g/mol. The second kappa shape index (κ2) is 6.11. The molecule has 0 aliphatic rings. The van der Waals surface area contributed by atoms with E-state index in [9.17, 15) is 0 Å². The molecule has 5 nitrogen and oxygen atoms in total. The van der Waals surface area contributed by atoms with Gasteiger partial charge in [0.25, 0.3) is 5.88 Å². The van der Waals surface area contributed by atoms with Gasteiger partial charge in [-0.2, -0.15) is 5.26 Å². The zero-order valence-electron chi connectivity index (χ0n) is 11.8. The molecule has 0 saturated carbocycles. The fourth-order valence-electron chi connectivity index (χ4n) is 1.88. The molecule has 1 aromatic carbocycles. The van der Waals surface area contributed by atoms with E-state index in [1.165, 1.54) is 5.56 Å². The first-order chi connectivity index (χ1) is 9.65. The third kappa shape index (κ3) is 2.91. The van der Waals surface area contributed by atoms with Crippen molar-refractivity contribution in [3.8, 4) is 11.9 Å². The number of nitrogens with zero attached hydrogens (tertiary/aromatic N) is 3. The summed E-state index contributed by atoms with van der Waals surface area (Å²) in [6.45, 7) is 5.11. The molecular formula is C15H18N4O. The summed E-state index contributed by atoms with van der Waals surface area (Å²) in [6.07, 6.45) is 0.897. The molecule has 5 heteroatoms. The van der Waals surface area contributed by atoms with Gasteiger partial charge in [0.05, 0.1) is 0 Å². The summed E-state index contributed by atoms with van der Waals surface area (Å²) in [7, 11) is 0. The Morgan fingerprint density at radius 3 is 2.65 bits per heavy atom. The van der Waals surface area contributed by atoms with E-state index in [-0.39, 0.29) is 0 Å². The van der Waals surface area contributed by atoms with Crippen molar-refractivity contribution in [1.29, 1.82) is 5.26 Å². The second-order valence-corrected chi connectivity index (χ2v) is 4.67. The van der Waals surface area contributed by atoms with Crippen LogP contribution in [0.5, 0.6) is 5.88 Å². The fourth-order valence-corrected chi connectivity index (χ4v) is 1.88. The van der Waals surface area contributed by atoms with Crippen LogP contribution in [0, 0.1) is 18.3 Å². The van der Waals surface area contributed by atoms with Crippen LogP contribution in [0.2, 0.25) is 0 Å². The maximum Gasteiger partial charge on any atom is 0.253 e. The molecule has 0 amide bonds. The minimum atomic E-state index is 0.305. The summed E-state index contributed by atoms with van der Waals surface area (Å²) in [6, 6.07) is 10.1. The zero-order valence-corrected chi connectivity index (χ0v) is 11.8. The van der Waals surface area contributed by atoms with Crippen molar-refractivity contribution in [3.05, 3.63) is 41.0 Å². The molecule has 0 spiro atoms. The Hall–Kier alpha value is -2.48. The summed E-state index contributed by atoms with van der Waals surface area (Å²) < 4.78 is 7.24. The van der Waals surface area contributed by atoms with Crippen molar-refractivity contribution in [2.24, 2.45) is 0 Å². The normalized spacial score (nSPS) is 10.2. The number of aryl methyl sites for hydroxylation is 2. The molecule has 0 unspecified atom stereocenters. The van der Waals surface area contributed by atoms with Gasteiger partial charge in [0.1, 0.15) is 18.5 Å². The lowest BCUT2D eigenvalue weighted by Gasteiger charge is -2.03. The molecule has 0 aliphatic carbocycles. The lowest BCUT2D eigenvalue weighted by atomic mass is 10.2. The molecule has 0 aliphatic heterocycles. The van der Waals surface area contributed by atoms with Crippen molar-refractivity contribution in [1.82, 2.24) is 9.78 Å². The lowest BCUT2D eigenvalue weighted by molar-refractivity contribution is 0.288. The molecule has 20 heavy (non-hydrogen) atoms. The van der Waals surface area contributed by atoms with Crippen molar-refractivity contribution in [3.63, 3.8) is 0 Å². The number of nitrogen functional groups attached to an aromatic ring is 1. The van der Waals surface area contributed by atoms with E-state index >= 15 is 0 Å². The third-order valence-corrected chi connectivity index (χ3v) is 3.00. The van der Waals surface area contributed by atoms with Crippen LogP contribution in [0.25, 0.3) is 0 Å². The van der Waals surface area contributed by atoms with Gasteiger partial charge in [0, 0.05) is 6.54 Å². The van der Waals surface area contributed by atoms with Gasteiger partial charge in [0.2, 0.25) is 0 Å². The lowest BCUT2D eigenvalue weighted by Crippen LogP contribution is -2.04. The molecule has 2 N–H and O–H groups in total. The first-order valence-corrected chi connectivity index (χ1v) is 6.60. The van der Waals surface area contributed by atoms with Gasteiger partial charge in [-0.15, -0.1) is 5.10 Å². The molecule has 0 fully saturated rings. The number of benzene rings is 1. The maximum atomic E-state index is 9.15. The average Bonchev–Trinajstić information content (AvgIpc) is 2.75. The Morgan fingerprint density at radius 2 is 2.05 bits per heavy atom. The Labute approximate surface area is 118 Å². The highest BCUT2D eigenvalue weighted by Gasteiger charge is 2.16. The second-order valence-electron chi connectivity index (χ2n) is 4.67. The quantitative estimate of drug-likeness (QED) is 0.906. The van der Waals surface area contributed by atoms with Crippen LogP contribution in [0.4, 0.5) is 5.82 Å². The molecule has 104 valence electrons. The van der Waals surface area contributed by atoms with Crippen molar-refractivity contribution in [2.75, 3.05) is 5.73 Å². The third-order valence-electron chi connectivity index (χ3n) is 3.00. The highest BCUT2D eigenvalue weighted by atomic mass is 16.5. The summed E-state index contributed by atoms with van der Waals surface area (Å²) in [4.78, 5) is 0. The number of hydrogen-bond donors (Lipinski definition) is 1. The monoisotopic (exact) mass is 270 g/mol.